The Kier molecular flexibility index (Phi) is 9.37. The first kappa shape index (κ1) is 21.5. The van der Waals surface area contributed by atoms with Crippen LogP contribution in [0.4, 0.5) is 0 Å². The molecular formula is C9H19NO10S2. The topological polar surface area (TPSA) is 197 Å². The third kappa shape index (κ3) is 7.66. The minimum absolute atomic E-state index is 0.374. The Bertz CT molecular complexity index is 436. The Hall–Kier alpha value is -0.510. The molecule has 0 bridgehead atoms. The van der Waals surface area contributed by atoms with Gasteiger partial charge in [-0.1, -0.05) is 0 Å². The zero-order chi connectivity index (χ0) is 17.5. The summed E-state index contributed by atoms with van der Waals surface area (Å²) >= 11 is 1.17. The second-order valence-corrected chi connectivity index (χ2v) is 6.13. The molecule has 132 valence electrons. The van der Waals surface area contributed by atoms with E-state index in [4.69, 9.17) is 28.0 Å². The maximum absolute atomic E-state index is 11.3. The van der Waals surface area contributed by atoms with Crippen molar-refractivity contribution in [2.45, 2.75) is 29.9 Å². The molecule has 22 heavy (non-hydrogen) atoms. The summed E-state index contributed by atoms with van der Waals surface area (Å²) in [5, 5.41) is 28.8. The number of esters is 1. The van der Waals surface area contributed by atoms with Crippen LogP contribution in [0.1, 0.15) is 0 Å². The molecule has 1 aliphatic rings. The van der Waals surface area contributed by atoms with E-state index < -0.39 is 46.2 Å². The Labute approximate surface area is 131 Å². The van der Waals surface area contributed by atoms with E-state index in [0.29, 0.717) is 12.3 Å². The van der Waals surface area contributed by atoms with Crippen molar-refractivity contribution in [3.63, 3.8) is 0 Å². The molecule has 0 saturated carbocycles. The van der Waals surface area contributed by atoms with Gasteiger partial charge >= 0.3 is 16.4 Å². The van der Waals surface area contributed by atoms with Gasteiger partial charge in [-0.3, -0.25) is 9.11 Å². The fourth-order valence-electron chi connectivity index (χ4n) is 1.48. The van der Waals surface area contributed by atoms with Gasteiger partial charge in [0.15, 0.2) is 6.10 Å². The molecule has 11 nitrogen and oxygen atoms in total. The Morgan fingerprint density at radius 3 is 2.14 bits per heavy atom. The molecular weight excluding hydrogens is 346 g/mol. The van der Waals surface area contributed by atoms with Crippen LogP contribution in [-0.4, -0.2) is 88.1 Å². The van der Waals surface area contributed by atoms with E-state index in [1.807, 2.05) is 0 Å². The standard InChI is InChI=1S/C9H17NO6S.H2O4S/c1-15-8(14)7-5(12)4(11)6(13)9(16-7)17-3-2-10;1-5(2,3)4/h4-7,9,11-13H,2-3,10H2,1H3;(H2,1,2,3,4). The van der Waals surface area contributed by atoms with Crippen molar-refractivity contribution in [3.8, 4) is 0 Å². The first-order valence-corrected chi connectivity index (χ1v) is 8.26. The first-order chi connectivity index (χ1) is 10.0. The third-order valence-electron chi connectivity index (χ3n) is 2.40. The zero-order valence-corrected chi connectivity index (χ0v) is 13.1. The minimum Gasteiger partial charge on any atom is -0.467 e. The van der Waals surface area contributed by atoms with Crippen LogP contribution in [0.3, 0.4) is 0 Å². The molecule has 0 spiro atoms. The fourth-order valence-corrected chi connectivity index (χ4v) is 2.41. The van der Waals surface area contributed by atoms with Gasteiger partial charge in [0.2, 0.25) is 0 Å². The average Bonchev–Trinajstić information content (AvgIpc) is 2.41. The van der Waals surface area contributed by atoms with Gasteiger partial charge in [0, 0.05) is 12.3 Å². The lowest BCUT2D eigenvalue weighted by Gasteiger charge is -2.38. The highest BCUT2D eigenvalue weighted by Gasteiger charge is 2.47. The number of nitrogens with two attached hydrogens (primary N) is 1. The second kappa shape index (κ2) is 9.59. The van der Waals surface area contributed by atoms with Crippen LogP contribution in [0.15, 0.2) is 0 Å². The van der Waals surface area contributed by atoms with Gasteiger partial charge in [-0.2, -0.15) is 8.42 Å². The van der Waals surface area contributed by atoms with Gasteiger partial charge in [-0.05, 0) is 0 Å². The summed E-state index contributed by atoms with van der Waals surface area (Å²) in [6.07, 6.45) is -5.54. The van der Waals surface area contributed by atoms with Crippen LogP contribution in [0.25, 0.3) is 0 Å². The predicted molar refractivity (Wildman–Crippen MR) is 74.4 cm³/mol. The Morgan fingerprint density at radius 1 is 1.23 bits per heavy atom. The van der Waals surface area contributed by atoms with Crippen LogP contribution >= 0.6 is 11.8 Å². The highest BCUT2D eigenvalue weighted by molar-refractivity contribution is 7.99. The molecule has 0 aromatic rings. The largest absolute Gasteiger partial charge is 0.467 e. The number of carbonyl (C=O) groups is 1. The van der Waals surface area contributed by atoms with Crippen molar-refractivity contribution >= 4 is 28.1 Å². The van der Waals surface area contributed by atoms with Crippen molar-refractivity contribution in [1.29, 1.82) is 0 Å². The highest BCUT2D eigenvalue weighted by atomic mass is 32.3. The molecule has 1 heterocycles. The van der Waals surface area contributed by atoms with E-state index >= 15 is 0 Å². The van der Waals surface area contributed by atoms with Crippen molar-refractivity contribution < 1.29 is 47.1 Å². The molecule has 5 unspecified atom stereocenters. The van der Waals surface area contributed by atoms with Crippen LogP contribution in [0.2, 0.25) is 0 Å². The molecule has 0 aromatic heterocycles. The second-order valence-electron chi connectivity index (χ2n) is 4.03. The van der Waals surface area contributed by atoms with Crippen LogP contribution in [-0.2, 0) is 24.7 Å². The number of ether oxygens (including phenoxy) is 2. The van der Waals surface area contributed by atoms with Crippen molar-refractivity contribution in [1.82, 2.24) is 0 Å². The molecule has 0 aromatic carbocycles. The smallest absolute Gasteiger partial charge is 0.394 e. The summed E-state index contributed by atoms with van der Waals surface area (Å²) in [5.74, 6) is -0.292. The van der Waals surface area contributed by atoms with E-state index in [1.165, 1.54) is 11.8 Å². The summed E-state index contributed by atoms with van der Waals surface area (Å²) in [6.45, 7) is 0.374. The summed E-state index contributed by atoms with van der Waals surface area (Å²) < 4.78 is 41.2. The number of aliphatic hydroxyl groups is 3. The lowest BCUT2D eigenvalue weighted by Crippen LogP contribution is -2.59. The minimum atomic E-state index is -4.67. The maximum atomic E-state index is 11.3. The van der Waals surface area contributed by atoms with Gasteiger partial charge in [0.25, 0.3) is 0 Å². The number of rotatable bonds is 4. The Morgan fingerprint density at radius 2 is 1.73 bits per heavy atom. The SMILES string of the molecule is COC(=O)C1OC(SCCN)C(O)C(O)C1O.O=S(=O)(O)O. The number of hydrogen-bond donors (Lipinski definition) is 6. The number of hydrogen-bond acceptors (Lipinski definition) is 10. The van der Waals surface area contributed by atoms with Crippen LogP contribution in [0.5, 0.6) is 0 Å². The molecule has 5 atom stereocenters. The highest BCUT2D eigenvalue weighted by Crippen LogP contribution is 2.28. The normalized spacial score (nSPS) is 31.9. The monoisotopic (exact) mass is 365 g/mol. The molecule has 0 aliphatic carbocycles. The van der Waals surface area contributed by atoms with Gasteiger partial charge in [0.05, 0.1) is 7.11 Å². The molecule has 0 radical (unpaired) electrons. The molecule has 1 aliphatic heterocycles. The van der Waals surface area contributed by atoms with Crippen molar-refractivity contribution in [2.75, 3.05) is 19.4 Å². The van der Waals surface area contributed by atoms with E-state index in [1.54, 1.807) is 0 Å². The van der Waals surface area contributed by atoms with Gasteiger partial charge in [-0.15, -0.1) is 11.8 Å². The number of aliphatic hydroxyl groups excluding tert-OH is 3. The van der Waals surface area contributed by atoms with E-state index in [-0.39, 0.29) is 0 Å². The molecule has 1 rings (SSSR count). The van der Waals surface area contributed by atoms with Gasteiger partial charge < -0.3 is 30.5 Å². The summed E-state index contributed by atoms with van der Waals surface area (Å²) in [5.41, 5.74) is 4.49. The van der Waals surface area contributed by atoms with Crippen molar-refractivity contribution in [3.05, 3.63) is 0 Å². The molecule has 0 amide bonds. The van der Waals surface area contributed by atoms with Gasteiger partial charge in [0.1, 0.15) is 23.7 Å². The predicted octanol–water partition coefficient (Wildman–Crippen LogP) is -2.99. The molecule has 1 fully saturated rings. The maximum Gasteiger partial charge on any atom is 0.394 e. The number of carbonyl (C=O) groups excluding carboxylic acids is 1. The zero-order valence-electron chi connectivity index (χ0n) is 11.5. The van der Waals surface area contributed by atoms with E-state index in [9.17, 15) is 20.1 Å². The summed E-state index contributed by atoms with van der Waals surface area (Å²) in [4.78, 5) is 11.3. The summed E-state index contributed by atoms with van der Waals surface area (Å²) in [6, 6.07) is 0. The molecule has 7 N–H and O–H groups in total. The summed E-state index contributed by atoms with van der Waals surface area (Å²) in [7, 11) is -3.52. The fraction of sp³-hybridized carbons (Fsp3) is 0.889. The van der Waals surface area contributed by atoms with Crippen LogP contribution < -0.4 is 5.73 Å². The third-order valence-corrected chi connectivity index (χ3v) is 3.59. The molecule has 13 heteroatoms. The number of methoxy groups -OCH3 is 1. The lowest BCUT2D eigenvalue weighted by molar-refractivity contribution is -0.211. The quantitative estimate of drug-likeness (QED) is 0.218. The first-order valence-electron chi connectivity index (χ1n) is 5.82. The number of thioether (sulfide) groups is 1. The lowest BCUT2D eigenvalue weighted by atomic mass is 10.00. The van der Waals surface area contributed by atoms with Crippen molar-refractivity contribution in [2.24, 2.45) is 5.73 Å². The Balaban J connectivity index is 0.000000763. The van der Waals surface area contributed by atoms with Crippen LogP contribution in [0, 0.1) is 0 Å². The van der Waals surface area contributed by atoms with E-state index in [2.05, 4.69) is 4.74 Å². The molecule has 1 saturated heterocycles. The van der Waals surface area contributed by atoms with E-state index in [0.717, 1.165) is 7.11 Å². The average molecular weight is 365 g/mol. The van der Waals surface area contributed by atoms with Gasteiger partial charge in [-0.25, -0.2) is 4.79 Å².